The highest BCUT2D eigenvalue weighted by Crippen LogP contribution is 2.31. The van der Waals surface area contributed by atoms with E-state index in [1.54, 1.807) is 13.8 Å². The lowest BCUT2D eigenvalue weighted by Crippen LogP contribution is -2.38. The second-order valence-corrected chi connectivity index (χ2v) is 6.34. The number of carbonyl (C=O) groups is 1. The molecular formula is C14H23F3O6S2. The molecule has 0 saturated heterocycles. The lowest BCUT2D eigenvalue weighted by molar-refractivity contribution is -0.232. The predicted octanol–water partition coefficient (Wildman–Crippen LogP) is 3.28. The maximum Gasteiger partial charge on any atom is 0.425 e. The summed E-state index contributed by atoms with van der Waals surface area (Å²) in [5, 5.41) is 0. The average Bonchev–Trinajstić information content (AvgIpc) is 2.45. The number of halogens is 3. The van der Waals surface area contributed by atoms with Crippen LogP contribution in [0.1, 0.15) is 27.2 Å². The van der Waals surface area contributed by atoms with Crippen LogP contribution in [-0.2, 0) is 28.5 Å². The lowest BCUT2D eigenvalue weighted by Gasteiger charge is -2.27. The molecule has 148 valence electrons. The van der Waals surface area contributed by atoms with Crippen molar-refractivity contribution in [3.05, 3.63) is 0 Å². The number of carbonyl (C=O) groups excluding carboxylic acids is 1. The van der Waals surface area contributed by atoms with Gasteiger partial charge in [0.1, 0.15) is 5.44 Å². The Morgan fingerprint density at radius 2 is 1.88 bits per heavy atom. The highest BCUT2D eigenvalue weighted by Gasteiger charge is 2.44. The molecule has 0 aromatic heterocycles. The first-order valence-electron chi connectivity index (χ1n) is 7.47. The van der Waals surface area contributed by atoms with Crippen molar-refractivity contribution in [2.45, 2.75) is 51.2 Å². The zero-order valence-corrected chi connectivity index (χ0v) is 16.1. The molecule has 3 atom stereocenters. The van der Waals surface area contributed by atoms with E-state index in [-0.39, 0.29) is 24.2 Å². The van der Waals surface area contributed by atoms with Crippen molar-refractivity contribution in [1.29, 1.82) is 0 Å². The van der Waals surface area contributed by atoms with Crippen molar-refractivity contribution in [2.75, 3.05) is 26.9 Å². The van der Waals surface area contributed by atoms with Crippen molar-refractivity contribution in [1.82, 2.24) is 0 Å². The second kappa shape index (κ2) is 12.7. The van der Waals surface area contributed by atoms with Crippen LogP contribution in [0.2, 0.25) is 0 Å². The van der Waals surface area contributed by atoms with E-state index in [2.05, 4.69) is 4.74 Å². The van der Waals surface area contributed by atoms with E-state index in [4.69, 9.17) is 31.2 Å². The molecule has 3 unspecified atom stereocenters. The number of hydrogen-bond donors (Lipinski definition) is 0. The minimum atomic E-state index is -4.75. The van der Waals surface area contributed by atoms with Gasteiger partial charge in [0.05, 0.1) is 13.2 Å². The van der Waals surface area contributed by atoms with E-state index in [1.807, 2.05) is 0 Å². The number of hydrogen-bond acceptors (Lipinski definition) is 8. The fourth-order valence-corrected chi connectivity index (χ4v) is 2.92. The number of thiocarbonyl (C=S) groups is 1. The van der Waals surface area contributed by atoms with E-state index < -0.39 is 36.4 Å². The first-order chi connectivity index (χ1) is 11.6. The van der Waals surface area contributed by atoms with Crippen LogP contribution in [0.15, 0.2) is 0 Å². The molecule has 0 bridgehead atoms. The minimum Gasteiger partial charge on any atom is -0.479 e. The maximum absolute atomic E-state index is 13.1. The Balaban J connectivity index is 5.17. The van der Waals surface area contributed by atoms with Crippen LogP contribution in [0.25, 0.3) is 0 Å². The zero-order valence-electron chi connectivity index (χ0n) is 14.5. The van der Waals surface area contributed by atoms with Gasteiger partial charge in [0.15, 0.2) is 6.29 Å². The fourth-order valence-electron chi connectivity index (χ4n) is 1.63. The Kier molecular flexibility index (Phi) is 12.4. The quantitative estimate of drug-likeness (QED) is 0.293. The van der Waals surface area contributed by atoms with E-state index in [0.29, 0.717) is 0 Å². The summed E-state index contributed by atoms with van der Waals surface area (Å²) in [5.41, 5.74) is -1.11. The standard InChI is InChI=1S/C14H23F3O6S2/c1-5-20-11(8-19-4)23-12(25-13(24)21-6-2)7-10(14(15,16)17)22-9(3)18/h10-12H,5-8H2,1-4H3. The van der Waals surface area contributed by atoms with Gasteiger partial charge in [0, 0.05) is 27.1 Å². The Bertz CT molecular complexity index is 403. The number of methoxy groups -OCH3 is 1. The number of esters is 1. The van der Waals surface area contributed by atoms with Gasteiger partial charge >= 0.3 is 12.1 Å². The third-order valence-corrected chi connectivity index (χ3v) is 3.81. The lowest BCUT2D eigenvalue weighted by atomic mass is 10.2. The van der Waals surface area contributed by atoms with Crippen LogP contribution in [0.5, 0.6) is 0 Å². The van der Waals surface area contributed by atoms with Gasteiger partial charge in [0.2, 0.25) is 10.5 Å². The molecule has 0 fully saturated rings. The van der Waals surface area contributed by atoms with Crippen LogP contribution in [-0.4, -0.2) is 61.3 Å². The van der Waals surface area contributed by atoms with Gasteiger partial charge in [0.25, 0.3) is 0 Å². The molecule has 25 heavy (non-hydrogen) atoms. The number of alkyl halides is 3. The van der Waals surface area contributed by atoms with Gasteiger partial charge in [-0.1, -0.05) is 0 Å². The Labute approximate surface area is 154 Å². The van der Waals surface area contributed by atoms with Crippen molar-refractivity contribution < 1.29 is 41.7 Å². The van der Waals surface area contributed by atoms with Crippen LogP contribution >= 0.6 is 24.0 Å². The molecule has 0 amide bonds. The fraction of sp³-hybridized carbons (Fsp3) is 0.857. The highest BCUT2D eigenvalue weighted by atomic mass is 32.2. The van der Waals surface area contributed by atoms with Gasteiger partial charge in [-0.3, -0.25) is 4.79 Å². The molecule has 0 rings (SSSR count). The molecule has 0 spiro atoms. The normalized spacial score (nSPS) is 15.3. The zero-order chi connectivity index (χ0) is 19.5. The summed E-state index contributed by atoms with van der Waals surface area (Å²) in [6.07, 6.45) is -8.66. The number of thioether (sulfide) groups is 1. The Hall–Kier alpha value is -0.620. The predicted molar refractivity (Wildman–Crippen MR) is 90.2 cm³/mol. The summed E-state index contributed by atoms with van der Waals surface area (Å²) in [7, 11) is 1.40. The van der Waals surface area contributed by atoms with Crippen molar-refractivity contribution in [2.24, 2.45) is 0 Å². The molecule has 0 aliphatic carbocycles. The molecular weight excluding hydrogens is 385 g/mol. The molecule has 11 heteroatoms. The summed E-state index contributed by atoms with van der Waals surface area (Å²) in [6.45, 7) is 4.84. The Morgan fingerprint density at radius 1 is 1.24 bits per heavy atom. The van der Waals surface area contributed by atoms with Crippen molar-refractivity contribution in [3.63, 3.8) is 0 Å². The van der Waals surface area contributed by atoms with Gasteiger partial charge in [-0.15, -0.1) is 0 Å². The average molecular weight is 408 g/mol. The van der Waals surface area contributed by atoms with E-state index in [1.165, 1.54) is 7.11 Å². The highest BCUT2D eigenvalue weighted by molar-refractivity contribution is 8.22. The molecule has 6 nitrogen and oxygen atoms in total. The molecule has 0 aliphatic heterocycles. The Morgan fingerprint density at radius 3 is 2.32 bits per heavy atom. The summed E-state index contributed by atoms with van der Waals surface area (Å²) in [6, 6.07) is 0. The molecule has 0 N–H and O–H groups in total. The number of ether oxygens (including phenoxy) is 5. The molecule has 0 aromatic carbocycles. The van der Waals surface area contributed by atoms with Crippen LogP contribution < -0.4 is 0 Å². The third-order valence-electron chi connectivity index (χ3n) is 2.53. The minimum absolute atomic E-state index is 0.0105. The van der Waals surface area contributed by atoms with Gasteiger partial charge in [-0.05, 0) is 37.8 Å². The van der Waals surface area contributed by atoms with E-state index in [0.717, 1.165) is 18.7 Å². The summed E-state index contributed by atoms with van der Waals surface area (Å²) in [4.78, 5) is 11.0. The van der Waals surface area contributed by atoms with Crippen molar-refractivity contribution in [3.8, 4) is 0 Å². The molecule has 0 heterocycles. The first-order valence-corrected chi connectivity index (χ1v) is 8.76. The topological polar surface area (TPSA) is 63.2 Å². The summed E-state index contributed by atoms with van der Waals surface area (Å²) < 4.78 is 64.5. The largest absolute Gasteiger partial charge is 0.479 e. The SMILES string of the molecule is CCOC(=S)SC(CC(OC(C)=O)C(F)(F)F)OC(COC)OCC. The number of rotatable bonds is 11. The summed E-state index contributed by atoms with van der Waals surface area (Å²) >= 11 is 5.73. The molecule has 0 radical (unpaired) electrons. The van der Waals surface area contributed by atoms with E-state index >= 15 is 0 Å². The molecule has 0 aromatic rings. The van der Waals surface area contributed by atoms with Crippen LogP contribution in [0.3, 0.4) is 0 Å². The van der Waals surface area contributed by atoms with Gasteiger partial charge < -0.3 is 23.7 Å². The monoisotopic (exact) mass is 408 g/mol. The summed E-state index contributed by atoms with van der Waals surface area (Å²) in [5.74, 6) is -1.04. The van der Waals surface area contributed by atoms with Crippen molar-refractivity contribution >= 4 is 34.3 Å². The van der Waals surface area contributed by atoms with Gasteiger partial charge in [-0.25, -0.2) is 0 Å². The van der Waals surface area contributed by atoms with Gasteiger partial charge in [-0.2, -0.15) is 13.2 Å². The van der Waals surface area contributed by atoms with E-state index in [9.17, 15) is 18.0 Å². The van der Waals surface area contributed by atoms with Crippen LogP contribution in [0, 0.1) is 0 Å². The molecule has 0 aliphatic rings. The maximum atomic E-state index is 13.1. The smallest absolute Gasteiger partial charge is 0.425 e. The van der Waals surface area contributed by atoms with Crippen LogP contribution in [0.4, 0.5) is 13.2 Å². The second-order valence-electron chi connectivity index (χ2n) is 4.58. The third kappa shape index (κ3) is 11.6. The molecule has 0 saturated carbocycles. The first kappa shape index (κ1) is 24.4.